The molecule has 1 amide bonds. The first-order valence-electron chi connectivity index (χ1n) is 9.41. The second-order valence-electron chi connectivity index (χ2n) is 7.84. The molecular formula is C22H25NO4S2. The van der Waals surface area contributed by atoms with Crippen LogP contribution in [-0.4, -0.2) is 40.3 Å². The zero-order valence-electron chi connectivity index (χ0n) is 16.7. The normalized spacial score (nSPS) is 14.0. The Bertz CT molecular complexity index is 849. The number of nitrogens with one attached hydrogen (secondary N) is 1. The topological polar surface area (TPSA) is 75.6 Å². The van der Waals surface area contributed by atoms with Crippen molar-refractivity contribution in [3.63, 3.8) is 0 Å². The summed E-state index contributed by atoms with van der Waals surface area (Å²) in [7, 11) is 3.01. The number of hydrogen-bond acceptors (Lipinski definition) is 5. The van der Waals surface area contributed by atoms with E-state index in [9.17, 15) is 14.7 Å². The summed E-state index contributed by atoms with van der Waals surface area (Å²) in [6.45, 7) is 6.33. The van der Waals surface area contributed by atoms with Crippen LogP contribution in [0.4, 0.5) is 4.79 Å². The summed E-state index contributed by atoms with van der Waals surface area (Å²) in [5.74, 6) is -0.857. The molecule has 0 fully saturated rings. The van der Waals surface area contributed by atoms with E-state index in [1.54, 1.807) is 10.8 Å². The maximum absolute atomic E-state index is 12.3. The molecule has 1 aliphatic carbocycles. The van der Waals surface area contributed by atoms with Crippen LogP contribution in [0, 0.1) is 0 Å². The van der Waals surface area contributed by atoms with Gasteiger partial charge in [-0.05, 0) is 22.3 Å². The molecule has 5 nitrogen and oxygen atoms in total. The molecule has 154 valence electrons. The Morgan fingerprint density at radius 3 is 2.14 bits per heavy atom. The average molecular weight is 432 g/mol. The summed E-state index contributed by atoms with van der Waals surface area (Å²) < 4.78 is 5.45. The number of carboxylic acid groups (broad SMARTS) is 1. The number of hydrogen-bond donors (Lipinski definition) is 2. The Morgan fingerprint density at radius 2 is 1.62 bits per heavy atom. The smallest absolute Gasteiger partial charge is 0.407 e. The van der Waals surface area contributed by atoms with E-state index >= 15 is 0 Å². The molecule has 1 atom stereocenters. The Kier molecular flexibility index (Phi) is 6.80. The van der Waals surface area contributed by atoms with Gasteiger partial charge in [-0.15, -0.1) is 0 Å². The summed E-state index contributed by atoms with van der Waals surface area (Å²) in [4.78, 5) is 23.8. The van der Waals surface area contributed by atoms with Crippen molar-refractivity contribution in [1.82, 2.24) is 5.32 Å². The maximum atomic E-state index is 12.3. The molecular weight excluding hydrogens is 406 g/mol. The van der Waals surface area contributed by atoms with E-state index in [0.717, 1.165) is 22.3 Å². The minimum absolute atomic E-state index is 0.0114. The highest BCUT2D eigenvalue weighted by atomic mass is 33.1. The quantitative estimate of drug-likeness (QED) is 0.590. The second kappa shape index (κ2) is 9.13. The van der Waals surface area contributed by atoms with E-state index in [2.05, 4.69) is 38.2 Å². The van der Waals surface area contributed by atoms with E-state index in [1.807, 2.05) is 36.4 Å². The van der Waals surface area contributed by atoms with Gasteiger partial charge in [-0.2, -0.15) is 0 Å². The SMILES string of the molecule is CC(C)(C)SSCC(NC(=O)OCC1c2ccccc2-c2ccccc21)C(=O)O. The van der Waals surface area contributed by atoms with Crippen LogP contribution in [0.3, 0.4) is 0 Å². The molecule has 0 aliphatic heterocycles. The molecule has 0 radical (unpaired) electrons. The fourth-order valence-electron chi connectivity index (χ4n) is 3.24. The van der Waals surface area contributed by atoms with Crippen LogP contribution in [0.2, 0.25) is 0 Å². The van der Waals surface area contributed by atoms with Gasteiger partial charge in [0.2, 0.25) is 0 Å². The predicted octanol–water partition coefficient (Wildman–Crippen LogP) is 5.16. The first-order valence-corrected chi connectivity index (χ1v) is 11.7. The van der Waals surface area contributed by atoms with Crippen molar-refractivity contribution < 1.29 is 19.4 Å². The van der Waals surface area contributed by atoms with Crippen LogP contribution in [0.25, 0.3) is 11.1 Å². The lowest BCUT2D eigenvalue weighted by molar-refractivity contribution is -0.138. The minimum Gasteiger partial charge on any atom is -0.480 e. The van der Waals surface area contributed by atoms with Crippen LogP contribution in [0.5, 0.6) is 0 Å². The molecule has 2 aromatic carbocycles. The molecule has 0 saturated carbocycles. The fourth-order valence-corrected chi connectivity index (χ4v) is 5.69. The largest absolute Gasteiger partial charge is 0.480 e. The molecule has 0 aromatic heterocycles. The molecule has 1 unspecified atom stereocenters. The van der Waals surface area contributed by atoms with Crippen LogP contribution >= 0.6 is 21.6 Å². The van der Waals surface area contributed by atoms with E-state index in [1.165, 1.54) is 10.8 Å². The molecule has 1 aliphatic rings. The number of fused-ring (bicyclic) bond motifs is 3. The molecule has 2 aromatic rings. The lowest BCUT2D eigenvalue weighted by Gasteiger charge is -2.19. The van der Waals surface area contributed by atoms with E-state index in [-0.39, 0.29) is 23.0 Å². The van der Waals surface area contributed by atoms with Gasteiger partial charge >= 0.3 is 12.1 Å². The molecule has 0 saturated heterocycles. The summed E-state index contributed by atoms with van der Waals surface area (Å²) in [5, 5.41) is 11.9. The Labute approximate surface area is 179 Å². The van der Waals surface area contributed by atoms with E-state index in [0.29, 0.717) is 0 Å². The number of alkyl carbamates (subject to hydrolysis) is 1. The van der Waals surface area contributed by atoms with Gasteiger partial charge in [0.05, 0.1) is 0 Å². The number of carbonyl (C=O) groups excluding carboxylic acids is 1. The standard InChI is InChI=1S/C22H25NO4S2/c1-22(2,3)29-28-13-19(20(24)25)23-21(26)27-12-18-16-10-6-4-8-14(16)15-9-5-7-11-17(15)18/h4-11,18-19H,12-13H2,1-3H3,(H,23,26)(H,24,25). The molecule has 0 bridgehead atoms. The molecule has 2 N–H and O–H groups in total. The van der Waals surface area contributed by atoms with Crippen molar-refractivity contribution in [2.75, 3.05) is 12.4 Å². The van der Waals surface area contributed by atoms with Crippen molar-refractivity contribution in [1.29, 1.82) is 0 Å². The maximum Gasteiger partial charge on any atom is 0.407 e. The highest BCUT2D eigenvalue weighted by Crippen LogP contribution is 2.44. The molecule has 0 heterocycles. The van der Waals surface area contributed by atoms with Crippen molar-refractivity contribution in [3.05, 3.63) is 59.7 Å². The van der Waals surface area contributed by atoms with Crippen LogP contribution in [0.15, 0.2) is 48.5 Å². The number of carbonyl (C=O) groups is 2. The Balaban J connectivity index is 1.61. The Morgan fingerprint density at radius 1 is 1.07 bits per heavy atom. The van der Waals surface area contributed by atoms with Crippen molar-refractivity contribution in [3.8, 4) is 11.1 Å². The summed E-state index contributed by atoms with van der Waals surface area (Å²) in [5.41, 5.74) is 4.54. The van der Waals surface area contributed by atoms with Crippen LogP contribution in [0.1, 0.15) is 37.8 Å². The summed E-state index contributed by atoms with van der Waals surface area (Å²) in [6, 6.07) is 15.2. The lowest BCUT2D eigenvalue weighted by Crippen LogP contribution is -2.43. The van der Waals surface area contributed by atoms with Crippen LogP contribution in [-0.2, 0) is 9.53 Å². The monoisotopic (exact) mass is 431 g/mol. The summed E-state index contributed by atoms with van der Waals surface area (Å²) >= 11 is 0. The number of ether oxygens (including phenoxy) is 1. The molecule has 29 heavy (non-hydrogen) atoms. The van der Waals surface area contributed by atoms with E-state index < -0.39 is 18.1 Å². The van der Waals surface area contributed by atoms with Gasteiger partial charge < -0.3 is 15.2 Å². The van der Waals surface area contributed by atoms with Gasteiger partial charge in [0.15, 0.2) is 0 Å². The zero-order valence-corrected chi connectivity index (χ0v) is 18.3. The number of amides is 1. The average Bonchev–Trinajstić information content (AvgIpc) is 2.98. The number of rotatable bonds is 7. The lowest BCUT2D eigenvalue weighted by atomic mass is 9.98. The van der Waals surface area contributed by atoms with Gasteiger partial charge in [-0.1, -0.05) is 90.9 Å². The first kappa shape index (κ1) is 21.6. The number of carboxylic acids is 1. The molecule has 0 spiro atoms. The van der Waals surface area contributed by atoms with Gasteiger partial charge in [0.25, 0.3) is 0 Å². The van der Waals surface area contributed by atoms with Crippen molar-refractivity contribution in [2.24, 2.45) is 0 Å². The zero-order chi connectivity index (χ0) is 21.0. The predicted molar refractivity (Wildman–Crippen MR) is 119 cm³/mol. The third kappa shape index (κ3) is 5.48. The van der Waals surface area contributed by atoms with Gasteiger partial charge in [0.1, 0.15) is 12.6 Å². The van der Waals surface area contributed by atoms with Gasteiger partial charge in [-0.3, -0.25) is 0 Å². The van der Waals surface area contributed by atoms with Gasteiger partial charge in [-0.25, -0.2) is 9.59 Å². The molecule has 3 rings (SSSR count). The van der Waals surface area contributed by atoms with Gasteiger partial charge in [0, 0.05) is 16.4 Å². The number of aliphatic carboxylic acids is 1. The Hall–Kier alpha value is -2.12. The van der Waals surface area contributed by atoms with Crippen molar-refractivity contribution in [2.45, 2.75) is 37.5 Å². The highest BCUT2D eigenvalue weighted by molar-refractivity contribution is 8.77. The first-order chi connectivity index (χ1) is 13.8. The molecule has 7 heteroatoms. The fraction of sp³-hybridized carbons (Fsp3) is 0.364. The van der Waals surface area contributed by atoms with E-state index in [4.69, 9.17) is 4.74 Å². The third-order valence-electron chi connectivity index (χ3n) is 4.48. The second-order valence-corrected chi connectivity index (χ2v) is 11.0. The summed E-state index contributed by atoms with van der Waals surface area (Å²) in [6.07, 6.45) is -0.708. The van der Waals surface area contributed by atoms with Crippen LogP contribution < -0.4 is 5.32 Å². The third-order valence-corrected chi connectivity index (χ3v) is 7.83. The highest BCUT2D eigenvalue weighted by Gasteiger charge is 2.29. The van der Waals surface area contributed by atoms with Crippen molar-refractivity contribution >= 4 is 33.7 Å². The minimum atomic E-state index is -1.07. The number of benzene rings is 2.